The number of nitrogens with one attached hydrogen (secondary N) is 1. The van der Waals surface area contributed by atoms with Gasteiger partial charge in [0.05, 0.1) is 0 Å². The Labute approximate surface area is 120 Å². The molecule has 0 aliphatic heterocycles. The van der Waals surface area contributed by atoms with Crippen LogP contribution >= 0.6 is 0 Å². The highest BCUT2D eigenvalue weighted by atomic mass is 16.1. The quantitative estimate of drug-likeness (QED) is 0.675. The van der Waals surface area contributed by atoms with Gasteiger partial charge in [0.15, 0.2) is 0 Å². The molecule has 3 nitrogen and oxygen atoms in total. The molecule has 1 aliphatic carbocycles. The Morgan fingerprint density at radius 1 is 1.30 bits per heavy atom. The second-order valence-electron chi connectivity index (χ2n) is 5.42. The number of carbonyl (C=O) groups excluding carboxylic acids is 1. The van der Waals surface area contributed by atoms with Crippen molar-refractivity contribution in [1.29, 1.82) is 5.26 Å². The lowest BCUT2D eigenvalue weighted by Gasteiger charge is -2.29. The van der Waals surface area contributed by atoms with Crippen LogP contribution in [0.1, 0.15) is 38.2 Å². The van der Waals surface area contributed by atoms with E-state index < -0.39 is 0 Å². The molecule has 2 atom stereocenters. The number of amides is 1. The predicted octanol–water partition coefficient (Wildman–Crippen LogP) is 3.29. The SMILES string of the molecule is C[C@H]1CCCC[C@H]1NC(=O)/C(C#N)=C/c1ccccc1. The summed E-state index contributed by atoms with van der Waals surface area (Å²) in [7, 11) is 0. The molecular formula is C17H20N2O. The molecule has 3 heteroatoms. The van der Waals surface area contributed by atoms with Crippen molar-refractivity contribution in [3.05, 3.63) is 41.5 Å². The van der Waals surface area contributed by atoms with Gasteiger partial charge in [-0.05, 0) is 30.4 Å². The maximum absolute atomic E-state index is 12.2. The average molecular weight is 268 g/mol. The molecule has 0 bridgehead atoms. The molecule has 2 rings (SSSR count). The fraction of sp³-hybridized carbons (Fsp3) is 0.412. The third-order valence-corrected chi connectivity index (χ3v) is 3.90. The molecule has 1 N–H and O–H groups in total. The van der Waals surface area contributed by atoms with Crippen molar-refractivity contribution in [2.24, 2.45) is 5.92 Å². The molecule has 0 saturated heterocycles. The highest BCUT2D eigenvalue weighted by molar-refractivity contribution is 6.01. The summed E-state index contributed by atoms with van der Waals surface area (Å²) in [6.07, 6.45) is 6.19. The van der Waals surface area contributed by atoms with Crippen molar-refractivity contribution >= 4 is 12.0 Å². The number of carbonyl (C=O) groups is 1. The van der Waals surface area contributed by atoms with E-state index in [9.17, 15) is 10.1 Å². The van der Waals surface area contributed by atoms with Gasteiger partial charge >= 0.3 is 0 Å². The number of nitrogens with zero attached hydrogens (tertiary/aromatic N) is 1. The van der Waals surface area contributed by atoms with Gasteiger partial charge in [-0.1, -0.05) is 50.1 Å². The molecule has 0 radical (unpaired) electrons. The minimum Gasteiger partial charge on any atom is -0.348 e. The first-order valence-electron chi connectivity index (χ1n) is 7.18. The summed E-state index contributed by atoms with van der Waals surface area (Å²) in [5, 5.41) is 12.2. The molecule has 1 amide bonds. The van der Waals surface area contributed by atoms with E-state index in [0.717, 1.165) is 24.8 Å². The van der Waals surface area contributed by atoms with Gasteiger partial charge in [0, 0.05) is 6.04 Å². The van der Waals surface area contributed by atoms with Crippen molar-refractivity contribution in [1.82, 2.24) is 5.32 Å². The summed E-state index contributed by atoms with van der Waals surface area (Å²) in [6, 6.07) is 11.7. The summed E-state index contributed by atoms with van der Waals surface area (Å²) < 4.78 is 0. The zero-order valence-electron chi connectivity index (χ0n) is 11.8. The molecule has 1 aliphatic rings. The first kappa shape index (κ1) is 14.3. The topological polar surface area (TPSA) is 52.9 Å². The Morgan fingerprint density at radius 3 is 2.65 bits per heavy atom. The maximum atomic E-state index is 12.2. The Hall–Kier alpha value is -2.08. The van der Waals surface area contributed by atoms with Crippen molar-refractivity contribution in [3.63, 3.8) is 0 Å². The summed E-state index contributed by atoms with van der Waals surface area (Å²) in [5.74, 6) is 0.236. The van der Waals surface area contributed by atoms with Crippen LogP contribution in [-0.4, -0.2) is 11.9 Å². The van der Waals surface area contributed by atoms with Crippen LogP contribution in [-0.2, 0) is 4.79 Å². The second-order valence-corrected chi connectivity index (χ2v) is 5.42. The molecule has 20 heavy (non-hydrogen) atoms. The number of rotatable bonds is 3. The largest absolute Gasteiger partial charge is 0.348 e. The summed E-state index contributed by atoms with van der Waals surface area (Å²) in [4.78, 5) is 12.2. The van der Waals surface area contributed by atoms with Crippen LogP contribution < -0.4 is 5.32 Å². The fourth-order valence-corrected chi connectivity index (χ4v) is 2.64. The van der Waals surface area contributed by atoms with Crippen LogP contribution in [0, 0.1) is 17.2 Å². The van der Waals surface area contributed by atoms with Crippen molar-refractivity contribution in [2.45, 2.75) is 38.6 Å². The molecule has 1 aromatic rings. The first-order valence-corrected chi connectivity index (χ1v) is 7.18. The minimum absolute atomic E-state index is 0.175. The van der Waals surface area contributed by atoms with E-state index in [2.05, 4.69) is 12.2 Å². The lowest BCUT2D eigenvalue weighted by Crippen LogP contribution is -2.41. The highest BCUT2D eigenvalue weighted by Crippen LogP contribution is 2.24. The number of hydrogen-bond donors (Lipinski definition) is 1. The van der Waals surface area contributed by atoms with Gasteiger partial charge in [-0.15, -0.1) is 0 Å². The van der Waals surface area contributed by atoms with Crippen LogP contribution in [0.5, 0.6) is 0 Å². The van der Waals surface area contributed by atoms with Crippen molar-refractivity contribution in [3.8, 4) is 6.07 Å². The van der Waals surface area contributed by atoms with Crippen LogP contribution in [0.2, 0.25) is 0 Å². The molecule has 104 valence electrons. The highest BCUT2D eigenvalue weighted by Gasteiger charge is 2.23. The Bertz CT molecular complexity index is 528. The van der Waals surface area contributed by atoms with Crippen LogP contribution in [0.15, 0.2) is 35.9 Å². The fourth-order valence-electron chi connectivity index (χ4n) is 2.64. The molecule has 0 spiro atoms. The van der Waals surface area contributed by atoms with Gasteiger partial charge in [0.25, 0.3) is 5.91 Å². The van der Waals surface area contributed by atoms with Gasteiger partial charge in [-0.2, -0.15) is 5.26 Å². The third-order valence-electron chi connectivity index (χ3n) is 3.90. The predicted molar refractivity (Wildman–Crippen MR) is 79.6 cm³/mol. The second kappa shape index (κ2) is 6.91. The normalized spacial score (nSPS) is 22.9. The molecule has 1 fully saturated rings. The zero-order chi connectivity index (χ0) is 14.4. The lowest BCUT2D eigenvalue weighted by molar-refractivity contribution is -0.118. The molecule has 0 aromatic heterocycles. The smallest absolute Gasteiger partial charge is 0.262 e. The molecule has 1 aromatic carbocycles. The van der Waals surface area contributed by atoms with E-state index in [-0.39, 0.29) is 17.5 Å². The number of nitriles is 1. The van der Waals surface area contributed by atoms with Crippen molar-refractivity contribution in [2.75, 3.05) is 0 Å². The zero-order valence-corrected chi connectivity index (χ0v) is 11.8. The van der Waals surface area contributed by atoms with E-state index in [0.29, 0.717) is 5.92 Å². The van der Waals surface area contributed by atoms with E-state index in [1.165, 1.54) is 6.42 Å². The molecule has 1 saturated carbocycles. The van der Waals surface area contributed by atoms with E-state index >= 15 is 0 Å². The van der Waals surface area contributed by atoms with E-state index in [1.807, 2.05) is 36.4 Å². The Morgan fingerprint density at radius 2 is 2.00 bits per heavy atom. The summed E-state index contributed by atoms with van der Waals surface area (Å²) >= 11 is 0. The monoisotopic (exact) mass is 268 g/mol. The van der Waals surface area contributed by atoms with Gasteiger partial charge in [-0.25, -0.2) is 0 Å². The Balaban J connectivity index is 2.06. The van der Waals surface area contributed by atoms with Crippen LogP contribution in [0.25, 0.3) is 6.08 Å². The number of hydrogen-bond acceptors (Lipinski definition) is 2. The van der Waals surface area contributed by atoms with Gasteiger partial charge in [0.2, 0.25) is 0 Å². The van der Waals surface area contributed by atoms with Gasteiger partial charge in [-0.3, -0.25) is 4.79 Å². The third kappa shape index (κ3) is 3.71. The van der Waals surface area contributed by atoms with E-state index in [4.69, 9.17) is 0 Å². The summed E-state index contributed by atoms with van der Waals surface area (Å²) in [5.41, 5.74) is 1.05. The average Bonchev–Trinajstić information content (AvgIpc) is 2.48. The van der Waals surface area contributed by atoms with Crippen molar-refractivity contribution < 1.29 is 4.79 Å². The van der Waals surface area contributed by atoms with Gasteiger partial charge in [0.1, 0.15) is 11.6 Å². The molecule has 0 unspecified atom stereocenters. The number of benzene rings is 1. The standard InChI is InChI=1S/C17H20N2O/c1-13-7-5-6-10-16(13)19-17(20)15(12-18)11-14-8-3-2-4-9-14/h2-4,8-9,11,13,16H,5-7,10H2,1H3,(H,19,20)/b15-11+/t13-,16+/m0/s1. The summed E-state index contributed by atoms with van der Waals surface area (Å²) in [6.45, 7) is 2.16. The van der Waals surface area contributed by atoms with Gasteiger partial charge < -0.3 is 5.32 Å². The lowest BCUT2D eigenvalue weighted by atomic mass is 9.86. The maximum Gasteiger partial charge on any atom is 0.262 e. The van der Waals surface area contributed by atoms with E-state index in [1.54, 1.807) is 6.08 Å². The minimum atomic E-state index is -0.255. The first-order chi connectivity index (χ1) is 9.70. The Kier molecular flexibility index (Phi) is 4.95. The van der Waals surface area contributed by atoms with Crippen LogP contribution in [0.3, 0.4) is 0 Å². The molecule has 0 heterocycles. The van der Waals surface area contributed by atoms with Crippen LogP contribution in [0.4, 0.5) is 0 Å². The molecular weight excluding hydrogens is 248 g/mol.